The number of fused-ring (bicyclic) bond motifs is 2. The number of rotatable bonds is 2. The van der Waals surface area contributed by atoms with Gasteiger partial charge in [0.1, 0.15) is 0 Å². The minimum absolute atomic E-state index is 0.702. The van der Waals surface area contributed by atoms with E-state index in [1.54, 1.807) is 0 Å². The summed E-state index contributed by atoms with van der Waals surface area (Å²) in [7, 11) is 0. The second kappa shape index (κ2) is 5.76. The van der Waals surface area contributed by atoms with Crippen LogP contribution in [0.15, 0.2) is 53.4 Å². The highest BCUT2D eigenvalue weighted by Gasteiger charge is 2.25. The van der Waals surface area contributed by atoms with Crippen molar-refractivity contribution >= 4 is 17.4 Å². The summed E-state index contributed by atoms with van der Waals surface area (Å²) in [6.07, 6.45) is 5.11. The monoisotopic (exact) mass is 295 g/mol. The minimum Gasteiger partial charge on any atom is -0.370 e. The summed E-state index contributed by atoms with van der Waals surface area (Å²) in [5, 5.41) is 0.702. The molecule has 2 heterocycles. The van der Waals surface area contributed by atoms with Gasteiger partial charge < -0.3 is 4.90 Å². The normalized spacial score (nSPS) is 20.8. The molecule has 0 aromatic heterocycles. The Morgan fingerprint density at radius 2 is 1.76 bits per heavy atom. The Kier molecular flexibility index (Phi) is 3.64. The number of aryl methyl sites for hydroxylation is 1. The molecule has 0 fully saturated rings. The molecule has 0 saturated carbocycles. The molecule has 1 atom stereocenters. The molecule has 0 N–H and O–H groups in total. The van der Waals surface area contributed by atoms with Gasteiger partial charge in [-0.15, -0.1) is 11.8 Å². The summed E-state index contributed by atoms with van der Waals surface area (Å²) < 4.78 is 0. The molecule has 2 aromatic rings. The zero-order valence-electron chi connectivity index (χ0n) is 12.3. The number of nitrogens with zero attached hydrogens (tertiary/aromatic N) is 1. The summed E-state index contributed by atoms with van der Waals surface area (Å²) in [5.41, 5.74) is 4.55. The van der Waals surface area contributed by atoms with E-state index in [1.807, 2.05) is 0 Å². The van der Waals surface area contributed by atoms with Gasteiger partial charge in [-0.25, -0.2) is 0 Å². The Labute approximate surface area is 131 Å². The van der Waals surface area contributed by atoms with Gasteiger partial charge in [0.15, 0.2) is 0 Å². The third kappa shape index (κ3) is 2.69. The number of hydrogen-bond acceptors (Lipinski definition) is 2. The van der Waals surface area contributed by atoms with E-state index < -0.39 is 0 Å². The topological polar surface area (TPSA) is 3.24 Å². The summed E-state index contributed by atoms with van der Waals surface area (Å²) in [6, 6.07) is 17.9. The first-order chi connectivity index (χ1) is 10.4. The zero-order chi connectivity index (χ0) is 14.1. The molecular weight excluding hydrogens is 274 g/mol. The van der Waals surface area contributed by atoms with E-state index in [0.29, 0.717) is 5.25 Å². The van der Waals surface area contributed by atoms with Crippen molar-refractivity contribution in [1.82, 2.24) is 0 Å². The van der Waals surface area contributed by atoms with Crippen LogP contribution in [0.25, 0.3) is 0 Å². The standard InChI is InChI=1S/C19H21NS/c1-3-10-18-15(7-1)8-5-6-12-20(18)14-17-13-16-9-2-4-11-19(16)21-17/h1-4,7,9-11,17H,5-6,8,12-14H2. The molecule has 4 rings (SSSR count). The lowest BCUT2D eigenvalue weighted by atomic mass is 10.1. The molecule has 2 heteroatoms. The first kappa shape index (κ1) is 13.3. The molecule has 2 aliphatic heterocycles. The van der Waals surface area contributed by atoms with Crippen LogP contribution in [0.3, 0.4) is 0 Å². The SMILES string of the molecule is c1ccc2c(c1)CC(CN1CCCCc3ccccc31)S2. The summed E-state index contributed by atoms with van der Waals surface area (Å²) in [4.78, 5) is 4.12. The maximum atomic E-state index is 2.63. The third-order valence-electron chi connectivity index (χ3n) is 4.59. The Balaban J connectivity index is 1.53. The lowest BCUT2D eigenvalue weighted by Crippen LogP contribution is -2.31. The number of thioether (sulfide) groups is 1. The largest absolute Gasteiger partial charge is 0.370 e. The molecule has 21 heavy (non-hydrogen) atoms. The fourth-order valence-electron chi connectivity index (χ4n) is 3.56. The molecule has 2 aliphatic rings. The van der Waals surface area contributed by atoms with Gasteiger partial charge in [0.25, 0.3) is 0 Å². The number of benzene rings is 2. The lowest BCUT2D eigenvalue weighted by Gasteiger charge is -2.27. The van der Waals surface area contributed by atoms with Gasteiger partial charge in [-0.2, -0.15) is 0 Å². The van der Waals surface area contributed by atoms with Gasteiger partial charge in [0.2, 0.25) is 0 Å². The highest BCUT2D eigenvalue weighted by atomic mass is 32.2. The Morgan fingerprint density at radius 1 is 0.952 bits per heavy atom. The van der Waals surface area contributed by atoms with Crippen molar-refractivity contribution in [2.24, 2.45) is 0 Å². The van der Waals surface area contributed by atoms with Crippen LogP contribution >= 0.6 is 11.8 Å². The van der Waals surface area contributed by atoms with Crippen LogP contribution in [0.1, 0.15) is 24.0 Å². The van der Waals surface area contributed by atoms with E-state index in [0.717, 1.165) is 0 Å². The van der Waals surface area contributed by atoms with Crippen molar-refractivity contribution in [1.29, 1.82) is 0 Å². The van der Waals surface area contributed by atoms with E-state index in [1.165, 1.54) is 60.5 Å². The van der Waals surface area contributed by atoms with Crippen LogP contribution in [-0.2, 0) is 12.8 Å². The number of hydrogen-bond donors (Lipinski definition) is 0. The van der Waals surface area contributed by atoms with E-state index in [2.05, 4.69) is 65.2 Å². The van der Waals surface area contributed by atoms with E-state index in [9.17, 15) is 0 Å². The van der Waals surface area contributed by atoms with Crippen LogP contribution in [-0.4, -0.2) is 18.3 Å². The fourth-order valence-corrected chi connectivity index (χ4v) is 4.90. The van der Waals surface area contributed by atoms with Crippen molar-refractivity contribution in [3.8, 4) is 0 Å². The maximum Gasteiger partial charge on any atom is 0.0399 e. The molecule has 0 spiro atoms. The molecule has 1 nitrogen and oxygen atoms in total. The average molecular weight is 295 g/mol. The van der Waals surface area contributed by atoms with E-state index in [-0.39, 0.29) is 0 Å². The predicted molar refractivity (Wildman–Crippen MR) is 91.4 cm³/mol. The van der Waals surface area contributed by atoms with Gasteiger partial charge in [0.05, 0.1) is 0 Å². The smallest absolute Gasteiger partial charge is 0.0399 e. The minimum atomic E-state index is 0.702. The molecule has 0 aliphatic carbocycles. The maximum absolute atomic E-state index is 2.63. The Hall–Kier alpha value is -1.41. The molecule has 0 saturated heterocycles. The summed E-state index contributed by atoms with van der Waals surface area (Å²) in [5.74, 6) is 0. The Morgan fingerprint density at radius 3 is 2.67 bits per heavy atom. The predicted octanol–water partition coefficient (Wildman–Crippen LogP) is 4.55. The van der Waals surface area contributed by atoms with Gasteiger partial charge in [0, 0.05) is 28.9 Å². The molecule has 0 radical (unpaired) electrons. The zero-order valence-corrected chi connectivity index (χ0v) is 13.1. The van der Waals surface area contributed by atoms with Crippen LogP contribution in [0.4, 0.5) is 5.69 Å². The molecule has 108 valence electrons. The van der Waals surface area contributed by atoms with Gasteiger partial charge in [-0.3, -0.25) is 0 Å². The highest BCUT2D eigenvalue weighted by molar-refractivity contribution is 8.00. The van der Waals surface area contributed by atoms with Crippen molar-refractivity contribution in [2.45, 2.75) is 35.8 Å². The molecule has 2 aromatic carbocycles. The van der Waals surface area contributed by atoms with Crippen molar-refractivity contribution in [2.75, 3.05) is 18.0 Å². The lowest BCUT2D eigenvalue weighted by molar-refractivity contribution is 0.698. The summed E-state index contributed by atoms with van der Waals surface area (Å²) >= 11 is 2.07. The van der Waals surface area contributed by atoms with Crippen LogP contribution in [0.5, 0.6) is 0 Å². The first-order valence-corrected chi connectivity index (χ1v) is 8.85. The third-order valence-corrected chi connectivity index (χ3v) is 5.90. The summed E-state index contributed by atoms with van der Waals surface area (Å²) in [6.45, 7) is 2.39. The number of para-hydroxylation sites is 1. The van der Waals surface area contributed by atoms with Gasteiger partial charge in [-0.05, 0) is 48.9 Å². The van der Waals surface area contributed by atoms with Crippen molar-refractivity contribution < 1.29 is 0 Å². The Bertz CT molecular complexity index is 612. The van der Waals surface area contributed by atoms with E-state index in [4.69, 9.17) is 0 Å². The van der Waals surface area contributed by atoms with Crippen LogP contribution < -0.4 is 4.90 Å². The van der Waals surface area contributed by atoms with Crippen LogP contribution in [0, 0.1) is 0 Å². The first-order valence-electron chi connectivity index (χ1n) is 7.97. The van der Waals surface area contributed by atoms with Gasteiger partial charge in [-0.1, -0.05) is 36.4 Å². The van der Waals surface area contributed by atoms with Crippen molar-refractivity contribution in [3.63, 3.8) is 0 Å². The number of anilines is 1. The second-order valence-corrected chi connectivity index (χ2v) is 7.43. The van der Waals surface area contributed by atoms with Gasteiger partial charge >= 0.3 is 0 Å². The fraction of sp³-hybridized carbons (Fsp3) is 0.368. The molecule has 0 bridgehead atoms. The molecule has 0 amide bonds. The van der Waals surface area contributed by atoms with Crippen LogP contribution in [0.2, 0.25) is 0 Å². The average Bonchev–Trinajstić information content (AvgIpc) is 2.82. The quantitative estimate of drug-likeness (QED) is 0.800. The second-order valence-electron chi connectivity index (χ2n) is 6.08. The van der Waals surface area contributed by atoms with Crippen molar-refractivity contribution in [3.05, 3.63) is 59.7 Å². The molecular formula is C19H21NS. The van der Waals surface area contributed by atoms with E-state index >= 15 is 0 Å². The highest BCUT2D eigenvalue weighted by Crippen LogP contribution is 2.38. The molecule has 1 unspecified atom stereocenters.